The number of likely N-dealkylation sites (tertiary alicyclic amines) is 1. The standard InChI is InChI=1S/C14H17F3N2O/c1-19-7-3-4-10(9-19)13(20)18-12-6-2-5-11(8-12)14(15,16)17/h2,5-6,8,10H,3-4,7,9H2,1H3,(H,18,20). The van der Waals surface area contributed by atoms with Crippen molar-refractivity contribution in [2.45, 2.75) is 19.0 Å². The molecule has 1 atom stereocenters. The molecule has 0 radical (unpaired) electrons. The van der Waals surface area contributed by atoms with Gasteiger partial charge in [0.15, 0.2) is 0 Å². The second kappa shape index (κ2) is 5.83. The first-order valence-electron chi connectivity index (χ1n) is 6.53. The quantitative estimate of drug-likeness (QED) is 0.906. The zero-order chi connectivity index (χ0) is 14.8. The Morgan fingerprint density at radius 2 is 2.15 bits per heavy atom. The van der Waals surface area contributed by atoms with Crippen LogP contribution in [0.2, 0.25) is 0 Å². The molecule has 3 nitrogen and oxygen atoms in total. The zero-order valence-corrected chi connectivity index (χ0v) is 11.2. The minimum atomic E-state index is -4.40. The van der Waals surface area contributed by atoms with Crippen molar-refractivity contribution in [3.8, 4) is 0 Å². The highest BCUT2D eigenvalue weighted by atomic mass is 19.4. The lowest BCUT2D eigenvalue weighted by Crippen LogP contribution is -2.38. The summed E-state index contributed by atoms with van der Waals surface area (Å²) in [4.78, 5) is 14.1. The second-order valence-electron chi connectivity index (χ2n) is 5.17. The minimum Gasteiger partial charge on any atom is -0.326 e. The van der Waals surface area contributed by atoms with E-state index in [1.54, 1.807) is 0 Å². The molecule has 1 heterocycles. The fourth-order valence-corrected chi connectivity index (χ4v) is 2.40. The Bertz CT molecular complexity index is 488. The number of nitrogens with zero attached hydrogens (tertiary/aromatic N) is 1. The molecule has 1 aromatic carbocycles. The van der Waals surface area contributed by atoms with E-state index in [0.29, 0.717) is 6.54 Å². The fraction of sp³-hybridized carbons (Fsp3) is 0.500. The van der Waals surface area contributed by atoms with E-state index in [0.717, 1.165) is 31.5 Å². The van der Waals surface area contributed by atoms with Gasteiger partial charge in [-0.05, 0) is 44.6 Å². The van der Waals surface area contributed by atoms with E-state index in [2.05, 4.69) is 10.2 Å². The number of hydrogen-bond acceptors (Lipinski definition) is 2. The van der Waals surface area contributed by atoms with Gasteiger partial charge >= 0.3 is 6.18 Å². The van der Waals surface area contributed by atoms with Crippen LogP contribution >= 0.6 is 0 Å². The molecule has 1 aromatic rings. The van der Waals surface area contributed by atoms with E-state index in [9.17, 15) is 18.0 Å². The predicted molar refractivity (Wildman–Crippen MR) is 70.3 cm³/mol. The number of alkyl halides is 3. The highest BCUT2D eigenvalue weighted by Crippen LogP contribution is 2.30. The molecular formula is C14H17F3N2O. The average Bonchev–Trinajstić information content (AvgIpc) is 2.38. The van der Waals surface area contributed by atoms with Gasteiger partial charge in [0.05, 0.1) is 11.5 Å². The highest BCUT2D eigenvalue weighted by molar-refractivity contribution is 5.92. The average molecular weight is 286 g/mol. The highest BCUT2D eigenvalue weighted by Gasteiger charge is 2.31. The number of amides is 1. The summed E-state index contributed by atoms with van der Waals surface area (Å²) < 4.78 is 37.8. The van der Waals surface area contributed by atoms with Crippen molar-refractivity contribution in [3.05, 3.63) is 29.8 Å². The van der Waals surface area contributed by atoms with Gasteiger partial charge in [-0.15, -0.1) is 0 Å². The normalized spacial score (nSPS) is 20.7. The minimum absolute atomic E-state index is 0.164. The summed E-state index contributed by atoms with van der Waals surface area (Å²) in [5.41, 5.74) is -0.561. The van der Waals surface area contributed by atoms with Crippen LogP contribution in [-0.4, -0.2) is 30.9 Å². The van der Waals surface area contributed by atoms with Gasteiger partial charge in [0.25, 0.3) is 0 Å². The Labute approximate surface area is 115 Å². The van der Waals surface area contributed by atoms with E-state index in [-0.39, 0.29) is 17.5 Å². The summed E-state index contributed by atoms with van der Waals surface area (Å²) in [7, 11) is 1.93. The van der Waals surface area contributed by atoms with Crippen LogP contribution in [0.3, 0.4) is 0 Å². The van der Waals surface area contributed by atoms with Gasteiger partial charge < -0.3 is 10.2 Å². The molecule has 1 N–H and O–H groups in total. The molecule has 0 aromatic heterocycles. The van der Waals surface area contributed by atoms with E-state index in [1.165, 1.54) is 12.1 Å². The molecule has 0 saturated carbocycles. The Balaban J connectivity index is 2.04. The molecule has 0 spiro atoms. The van der Waals surface area contributed by atoms with Crippen LogP contribution in [0.4, 0.5) is 18.9 Å². The number of rotatable bonds is 2. The number of hydrogen-bond donors (Lipinski definition) is 1. The van der Waals surface area contributed by atoms with Crippen molar-refractivity contribution in [2.75, 3.05) is 25.5 Å². The van der Waals surface area contributed by atoms with Gasteiger partial charge in [-0.2, -0.15) is 13.2 Å². The summed E-state index contributed by atoms with van der Waals surface area (Å²) in [5.74, 6) is -0.376. The van der Waals surface area contributed by atoms with Crippen molar-refractivity contribution >= 4 is 11.6 Å². The van der Waals surface area contributed by atoms with E-state index < -0.39 is 11.7 Å². The molecule has 0 bridgehead atoms. The Morgan fingerprint density at radius 1 is 1.40 bits per heavy atom. The third-order valence-electron chi connectivity index (χ3n) is 3.45. The summed E-state index contributed by atoms with van der Waals surface area (Å²) in [6.45, 7) is 1.60. The smallest absolute Gasteiger partial charge is 0.326 e. The van der Waals surface area contributed by atoms with Crippen LogP contribution in [-0.2, 0) is 11.0 Å². The number of benzene rings is 1. The van der Waals surface area contributed by atoms with Gasteiger partial charge in [0.2, 0.25) is 5.91 Å². The third kappa shape index (κ3) is 3.72. The molecule has 1 unspecified atom stereocenters. The van der Waals surface area contributed by atoms with Crippen LogP contribution in [0.1, 0.15) is 18.4 Å². The maximum Gasteiger partial charge on any atom is 0.416 e. The Morgan fingerprint density at radius 3 is 2.80 bits per heavy atom. The van der Waals surface area contributed by atoms with Gasteiger partial charge in [-0.3, -0.25) is 4.79 Å². The molecule has 1 fully saturated rings. The molecule has 0 aliphatic carbocycles. The topological polar surface area (TPSA) is 32.3 Å². The van der Waals surface area contributed by atoms with E-state index in [1.807, 2.05) is 7.05 Å². The third-order valence-corrected chi connectivity index (χ3v) is 3.45. The van der Waals surface area contributed by atoms with Gasteiger partial charge in [0, 0.05) is 12.2 Å². The molecule has 1 saturated heterocycles. The van der Waals surface area contributed by atoms with Gasteiger partial charge in [-0.25, -0.2) is 0 Å². The second-order valence-corrected chi connectivity index (χ2v) is 5.17. The van der Waals surface area contributed by atoms with Crippen molar-refractivity contribution in [2.24, 2.45) is 5.92 Å². The van der Waals surface area contributed by atoms with Crippen LogP contribution in [0, 0.1) is 5.92 Å². The lowest BCUT2D eigenvalue weighted by atomic mass is 9.97. The molecule has 2 rings (SSSR count). The molecule has 20 heavy (non-hydrogen) atoms. The van der Waals surface area contributed by atoms with Crippen LogP contribution in [0.15, 0.2) is 24.3 Å². The van der Waals surface area contributed by atoms with E-state index in [4.69, 9.17) is 0 Å². The molecular weight excluding hydrogens is 269 g/mol. The zero-order valence-electron chi connectivity index (χ0n) is 11.2. The summed E-state index contributed by atoms with van der Waals surface area (Å²) >= 11 is 0. The first kappa shape index (κ1) is 14.8. The van der Waals surface area contributed by atoms with E-state index >= 15 is 0 Å². The molecule has 1 aliphatic rings. The maximum absolute atomic E-state index is 12.6. The summed E-state index contributed by atoms with van der Waals surface area (Å²) in [5, 5.41) is 2.58. The van der Waals surface area contributed by atoms with Crippen LogP contribution in [0.25, 0.3) is 0 Å². The molecule has 6 heteroatoms. The van der Waals surface area contributed by atoms with Crippen molar-refractivity contribution in [1.82, 2.24) is 4.90 Å². The number of carbonyl (C=O) groups excluding carboxylic acids is 1. The van der Waals surface area contributed by atoms with Crippen molar-refractivity contribution < 1.29 is 18.0 Å². The number of carbonyl (C=O) groups is 1. The number of halogens is 3. The van der Waals surface area contributed by atoms with Crippen molar-refractivity contribution in [1.29, 1.82) is 0 Å². The first-order valence-corrected chi connectivity index (χ1v) is 6.53. The summed E-state index contributed by atoms with van der Waals surface area (Å²) in [6, 6.07) is 4.72. The molecule has 1 amide bonds. The van der Waals surface area contributed by atoms with Crippen LogP contribution < -0.4 is 5.32 Å². The predicted octanol–water partition coefficient (Wildman–Crippen LogP) is 2.99. The van der Waals surface area contributed by atoms with Gasteiger partial charge in [-0.1, -0.05) is 6.07 Å². The SMILES string of the molecule is CN1CCCC(C(=O)Nc2cccc(C(F)(F)F)c2)C1. The summed E-state index contributed by atoms with van der Waals surface area (Å²) in [6.07, 6.45) is -2.70. The van der Waals surface area contributed by atoms with Crippen molar-refractivity contribution in [3.63, 3.8) is 0 Å². The Kier molecular flexibility index (Phi) is 4.32. The largest absolute Gasteiger partial charge is 0.416 e. The first-order chi connectivity index (χ1) is 9.36. The molecule has 110 valence electrons. The lowest BCUT2D eigenvalue weighted by molar-refractivity contribution is -0.137. The Hall–Kier alpha value is -1.56. The molecule has 1 aliphatic heterocycles. The number of anilines is 1. The maximum atomic E-state index is 12.6. The fourth-order valence-electron chi connectivity index (χ4n) is 2.40. The number of piperidine rings is 1. The number of nitrogens with one attached hydrogen (secondary N) is 1. The van der Waals surface area contributed by atoms with Gasteiger partial charge in [0.1, 0.15) is 0 Å². The lowest BCUT2D eigenvalue weighted by Gasteiger charge is -2.28. The monoisotopic (exact) mass is 286 g/mol. The van der Waals surface area contributed by atoms with Crippen LogP contribution in [0.5, 0.6) is 0 Å².